The molecule has 3 nitrogen and oxygen atoms in total. The number of anilines is 1. The number of ether oxygens (including phenoxy) is 1. The molecule has 17 heavy (non-hydrogen) atoms. The molecule has 0 aliphatic rings. The van der Waals surface area contributed by atoms with E-state index >= 15 is 0 Å². The van der Waals surface area contributed by atoms with Crippen LogP contribution in [0.4, 0.5) is 5.69 Å². The van der Waals surface area contributed by atoms with Gasteiger partial charge in [0.05, 0.1) is 15.7 Å². The van der Waals surface area contributed by atoms with Crippen LogP contribution in [0.1, 0.15) is 0 Å². The van der Waals surface area contributed by atoms with E-state index in [-0.39, 0.29) is 0 Å². The number of rotatable bonds is 2. The quantitative estimate of drug-likeness (QED) is 0.821. The number of benzene rings is 1. The third-order valence-electron chi connectivity index (χ3n) is 1.97. The molecule has 0 atom stereocenters. The predicted octanol–water partition coefficient (Wildman–Crippen LogP) is 4.53. The van der Waals surface area contributed by atoms with Crippen LogP contribution in [0.2, 0.25) is 10.0 Å². The molecule has 0 amide bonds. The van der Waals surface area contributed by atoms with Crippen LogP contribution in [0.15, 0.2) is 34.9 Å². The average molecular weight is 334 g/mol. The van der Waals surface area contributed by atoms with E-state index in [0.29, 0.717) is 27.4 Å². The topological polar surface area (TPSA) is 48.1 Å². The van der Waals surface area contributed by atoms with Gasteiger partial charge < -0.3 is 10.5 Å². The van der Waals surface area contributed by atoms with Gasteiger partial charge in [0.1, 0.15) is 0 Å². The van der Waals surface area contributed by atoms with Gasteiger partial charge in [-0.2, -0.15) is 0 Å². The summed E-state index contributed by atoms with van der Waals surface area (Å²) in [6, 6.07) is 6.63. The Balaban J connectivity index is 2.30. The summed E-state index contributed by atoms with van der Waals surface area (Å²) >= 11 is 15.0. The highest BCUT2D eigenvalue weighted by atomic mass is 79.9. The molecule has 0 bridgehead atoms. The lowest BCUT2D eigenvalue weighted by molar-refractivity contribution is 0.465. The molecule has 1 heterocycles. The molecular formula is C11H7BrCl2N2O. The second-order valence-electron chi connectivity index (χ2n) is 3.22. The van der Waals surface area contributed by atoms with Crippen molar-refractivity contribution in [3.05, 3.63) is 45.0 Å². The van der Waals surface area contributed by atoms with E-state index in [0.717, 1.165) is 4.47 Å². The Morgan fingerprint density at radius 3 is 2.53 bits per heavy atom. The van der Waals surface area contributed by atoms with Crippen LogP contribution >= 0.6 is 39.1 Å². The van der Waals surface area contributed by atoms with Crippen molar-refractivity contribution in [2.75, 3.05) is 5.73 Å². The summed E-state index contributed by atoms with van der Waals surface area (Å²) in [7, 11) is 0. The maximum absolute atomic E-state index is 5.88. The van der Waals surface area contributed by atoms with Gasteiger partial charge in [-0.05, 0) is 28.1 Å². The molecular weight excluding hydrogens is 327 g/mol. The number of hydrogen-bond donors (Lipinski definition) is 1. The van der Waals surface area contributed by atoms with Crippen molar-refractivity contribution in [2.24, 2.45) is 0 Å². The molecule has 88 valence electrons. The molecule has 0 radical (unpaired) electrons. The van der Waals surface area contributed by atoms with Gasteiger partial charge in [0.2, 0.25) is 5.88 Å². The molecule has 2 aromatic rings. The van der Waals surface area contributed by atoms with E-state index in [1.807, 2.05) is 6.07 Å². The summed E-state index contributed by atoms with van der Waals surface area (Å²) in [5.41, 5.74) is 6.17. The minimum atomic E-state index is 0.382. The van der Waals surface area contributed by atoms with Crippen LogP contribution in [-0.4, -0.2) is 4.98 Å². The molecule has 1 aromatic heterocycles. The second kappa shape index (κ2) is 5.12. The lowest BCUT2D eigenvalue weighted by Crippen LogP contribution is -1.93. The molecule has 0 aliphatic carbocycles. The van der Waals surface area contributed by atoms with Gasteiger partial charge in [0.15, 0.2) is 5.75 Å². The highest BCUT2D eigenvalue weighted by Gasteiger charge is 2.07. The van der Waals surface area contributed by atoms with Crippen LogP contribution in [-0.2, 0) is 0 Å². The van der Waals surface area contributed by atoms with Gasteiger partial charge in [-0.25, -0.2) is 4.98 Å². The maximum atomic E-state index is 5.88. The third kappa shape index (κ3) is 3.03. The normalized spacial score (nSPS) is 10.3. The summed E-state index contributed by atoms with van der Waals surface area (Å²) in [6.45, 7) is 0. The van der Waals surface area contributed by atoms with Crippen LogP contribution in [0.5, 0.6) is 11.6 Å². The Hall–Kier alpha value is -0.970. The minimum absolute atomic E-state index is 0.382. The zero-order chi connectivity index (χ0) is 12.4. The first kappa shape index (κ1) is 12.5. The molecule has 0 saturated carbocycles. The summed E-state index contributed by atoms with van der Waals surface area (Å²) in [6.07, 6.45) is 1.63. The number of nitrogens with two attached hydrogens (primary N) is 1. The number of halogens is 3. The number of pyridine rings is 1. The second-order valence-corrected chi connectivity index (χ2v) is 4.95. The van der Waals surface area contributed by atoms with Crippen molar-refractivity contribution in [3.63, 3.8) is 0 Å². The van der Waals surface area contributed by atoms with Gasteiger partial charge in [0, 0.05) is 22.8 Å². The Bertz CT molecular complexity index is 546. The van der Waals surface area contributed by atoms with E-state index in [9.17, 15) is 0 Å². The fourth-order valence-corrected chi connectivity index (χ4v) is 1.73. The smallest absolute Gasteiger partial charge is 0.219 e. The maximum Gasteiger partial charge on any atom is 0.219 e. The van der Waals surface area contributed by atoms with E-state index in [2.05, 4.69) is 20.9 Å². The average Bonchev–Trinajstić information content (AvgIpc) is 2.29. The van der Waals surface area contributed by atoms with Crippen LogP contribution in [0.3, 0.4) is 0 Å². The van der Waals surface area contributed by atoms with Gasteiger partial charge in [-0.1, -0.05) is 23.2 Å². The molecule has 2 rings (SSSR count). The van der Waals surface area contributed by atoms with Crippen LogP contribution in [0.25, 0.3) is 0 Å². The first-order valence-corrected chi connectivity index (χ1v) is 6.15. The lowest BCUT2D eigenvalue weighted by Gasteiger charge is -2.08. The monoisotopic (exact) mass is 332 g/mol. The first-order chi connectivity index (χ1) is 8.06. The van der Waals surface area contributed by atoms with E-state index in [1.165, 1.54) is 6.07 Å². The molecule has 2 N–H and O–H groups in total. The van der Waals surface area contributed by atoms with Crippen molar-refractivity contribution in [2.45, 2.75) is 0 Å². The zero-order valence-corrected chi connectivity index (χ0v) is 11.6. The number of aromatic nitrogens is 1. The van der Waals surface area contributed by atoms with Crippen molar-refractivity contribution in [1.82, 2.24) is 4.98 Å². The highest BCUT2D eigenvalue weighted by molar-refractivity contribution is 9.10. The summed E-state index contributed by atoms with van der Waals surface area (Å²) < 4.78 is 6.37. The van der Waals surface area contributed by atoms with E-state index in [4.69, 9.17) is 33.7 Å². The van der Waals surface area contributed by atoms with Crippen LogP contribution in [0, 0.1) is 0 Å². The van der Waals surface area contributed by atoms with Gasteiger partial charge in [-0.3, -0.25) is 0 Å². The number of hydrogen-bond acceptors (Lipinski definition) is 3. The summed E-state index contributed by atoms with van der Waals surface area (Å²) in [5.74, 6) is 0.854. The molecule has 0 saturated heterocycles. The Kier molecular flexibility index (Phi) is 3.76. The van der Waals surface area contributed by atoms with Gasteiger partial charge in [-0.15, -0.1) is 0 Å². The third-order valence-corrected chi connectivity index (χ3v) is 3.16. The standard InChI is InChI=1S/C11H7BrCl2N2O/c12-6-1-2-11(16-5-6)17-10-4-8(14)7(13)3-9(10)15/h1-5H,15H2. The summed E-state index contributed by atoms with van der Waals surface area (Å²) in [4.78, 5) is 4.07. The predicted molar refractivity (Wildman–Crippen MR) is 72.9 cm³/mol. The number of nitrogen functional groups attached to an aromatic ring is 1. The number of nitrogens with zero attached hydrogens (tertiary/aromatic N) is 1. The lowest BCUT2D eigenvalue weighted by atomic mass is 10.3. The first-order valence-electron chi connectivity index (χ1n) is 4.60. The van der Waals surface area contributed by atoms with E-state index < -0.39 is 0 Å². The molecule has 6 heteroatoms. The Morgan fingerprint density at radius 2 is 1.88 bits per heavy atom. The van der Waals surface area contributed by atoms with Crippen LogP contribution < -0.4 is 10.5 Å². The van der Waals surface area contributed by atoms with Gasteiger partial charge in [0.25, 0.3) is 0 Å². The highest BCUT2D eigenvalue weighted by Crippen LogP contribution is 2.34. The Morgan fingerprint density at radius 1 is 1.18 bits per heavy atom. The minimum Gasteiger partial charge on any atom is -0.437 e. The van der Waals surface area contributed by atoms with Gasteiger partial charge >= 0.3 is 0 Å². The largest absolute Gasteiger partial charge is 0.437 e. The molecule has 0 spiro atoms. The fraction of sp³-hybridized carbons (Fsp3) is 0. The zero-order valence-electron chi connectivity index (χ0n) is 8.45. The summed E-state index contributed by atoms with van der Waals surface area (Å²) in [5, 5.41) is 0.772. The SMILES string of the molecule is Nc1cc(Cl)c(Cl)cc1Oc1ccc(Br)cn1. The molecule has 0 fully saturated rings. The Labute approximate surface area is 117 Å². The van der Waals surface area contributed by atoms with Crippen molar-refractivity contribution < 1.29 is 4.74 Å². The molecule has 1 aromatic carbocycles. The van der Waals surface area contributed by atoms with E-state index in [1.54, 1.807) is 18.3 Å². The van der Waals surface area contributed by atoms with Crippen molar-refractivity contribution in [1.29, 1.82) is 0 Å². The van der Waals surface area contributed by atoms with Crippen molar-refractivity contribution >= 4 is 44.8 Å². The molecule has 0 aliphatic heterocycles. The van der Waals surface area contributed by atoms with Crippen molar-refractivity contribution in [3.8, 4) is 11.6 Å². The molecule has 0 unspecified atom stereocenters. The fourth-order valence-electron chi connectivity index (χ4n) is 1.17.